The lowest BCUT2D eigenvalue weighted by atomic mass is 10.1. The number of aryl methyl sites for hydroxylation is 2. The van der Waals surface area contributed by atoms with Gasteiger partial charge in [0.1, 0.15) is 0 Å². The second kappa shape index (κ2) is 11.6. The van der Waals surface area contributed by atoms with E-state index >= 15 is 0 Å². The molecule has 10 heteroatoms. The summed E-state index contributed by atoms with van der Waals surface area (Å²) >= 11 is 1.49. The molecule has 2 aromatic carbocycles. The van der Waals surface area contributed by atoms with Gasteiger partial charge in [0.2, 0.25) is 5.91 Å². The van der Waals surface area contributed by atoms with Crippen molar-refractivity contribution < 1.29 is 32.3 Å². The van der Waals surface area contributed by atoms with E-state index in [1.807, 2.05) is 37.4 Å². The van der Waals surface area contributed by atoms with Crippen molar-refractivity contribution >= 4 is 35.2 Å². The summed E-state index contributed by atoms with van der Waals surface area (Å²) in [7, 11) is 0. The third-order valence-corrected chi connectivity index (χ3v) is 5.46. The Morgan fingerprint density at radius 1 is 1.03 bits per heavy atom. The van der Waals surface area contributed by atoms with Crippen molar-refractivity contribution in [1.29, 1.82) is 0 Å². The predicted octanol–water partition coefficient (Wildman–Crippen LogP) is 3.89. The molecule has 0 aliphatic heterocycles. The summed E-state index contributed by atoms with van der Waals surface area (Å²) in [6.07, 6.45) is -1.06. The SMILES string of the molecule is Cc1ccc(SCCC(=O)OC(C)C(=O)NCC(=O)Nc2ccc(F)c(F)c2F)cc1C. The first-order valence-electron chi connectivity index (χ1n) is 9.69. The molecule has 32 heavy (non-hydrogen) atoms. The Kier molecular flexibility index (Phi) is 9.13. The van der Waals surface area contributed by atoms with Crippen LogP contribution in [0.1, 0.15) is 24.5 Å². The monoisotopic (exact) mass is 468 g/mol. The summed E-state index contributed by atoms with van der Waals surface area (Å²) in [6, 6.07) is 7.50. The standard InChI is InChI=1S/C22H23F3N2O4S/c1-12-4-5-15(10-13(12)2)32-9-8-19(29)31-14(3)22(30)26-11-18(28)27-17-7-6-16(23)20(24)21(17)25/h4-7,10,14H,8-9,11H2,1-3H3,(H,26,30)(H,27,28). The van der Waals surface area contributed by atoms with Crippen LogP contribution in [0.15, 0.2) is 35.2 Å². The van der Waals surface area contributed by atoms with Crippen molar-refractivity contribution in [2.75, 3.05) is 17.6 Å². The molecule has 0 heterocycles. The lowest BCUT2D eigenvalue weighted by Gasteiger charge is -2.14. The van der Waals surface area contributed by atoms with E-state index in [0.717, 1.165) is 16.5 Å². The summed E-state index contributed by atoms with van der Waals surface area (Å²) in [4.78, 5) is 36.8. The van der Waals surface area contributed by atoms with Gasteiger partial charge in [-0.2, -0.15) is 0 Å². The van der Waals surface area contributed by atoms with Gasteiger partial charge < -0.3 is 15.4 Å². The molecule has 0 aliphatic carbocycles. The maximum Gasteiger partial charge on any atom is 0.307 e. The van der Waals surface area contributed by atoms with Crippen LogP contribution in [0.2, 0.25) is 0 Å². The van der Waals surface area contributed by atoms with Crippen molar-refractivity contribution in [3.05, 3.63) is 58.9 Å². The van der Waals surface area contributed by atoms with Crippen LogP contribution < -0.4 is 10.6 Å². The van der Waals surface area contributed by atoms with Gasteiger partial charge in [-0.05, 0) is 56.2 Å². The number of benzene rings is 2. The van der Waals surface area contributed by atoms with Crippen LogP contribution in [0.3, 0.4) is 0 Å². The number of anilines is 1. The van der Waals surface area contributed by atoms with Crippen LogP contribution in [0.4, 0.5) is 18.9 Å². The molecule has 1 unspecified atom stereocenters. The van der Waals surface area contributed by atoms with E-state index < -0.39 is 53.6 Å². The van der Waals surface area contributed by atoms with Crippen molar-refractivity contribution in [1.82, 2.24) is 5.32 Å². The number of halogens is 3. The van der Waals surface area contributed by atoms with Crippen molar-refractivity contribution in [2.24, 2.45) is 0 Å². The third kappa shape index (κ3) is 7.30. The van der Waals surface area contributed by atoms with Gasteiger partial charge in [-0.15, -0.1) is 11.8 Å². The van der Waals surface area contributed by atoms with Crippen LogP contribution in [-0.2, 0) is 19.1 Å². The highest BCUT2D eigenvalue weighted by Crippen LogP contribution is 2.22. The maximum atomic E-state index is 13.6. The first kappa shape index (κ1) is 25.3. The Balaban J connectivity index is 1.72. The fourth-order valence-electron chi connectivity index (χ4n) is 2.49. The molecule has 2 aromatic rings. The van der Waals surface area contributed by atoms with E-state index in [-0.39, 0.29) is 6.42 Å². The molecule has 0 spiro atoms. The zero-order valence-corrected chi connectivity index (χ0v) is 18.6. The number of carbonyl (C=O) groups is 3. The van der Waals surface area contributed by atoms with Crippen molar-refractivity contribution in [3.63, 3.8) is 0 Å². The van der Waals surface area contributed by atoms with Gasteiger partial charge >= 0.3 is 5.97 Å². The van der Waals surface area contributed by atoms with Crippen LogP contribution in [0.25, 0.3) is 0 Å². The number of ether oxygens (including phenoxy) is 1. The number of amides is 2. The van der Waals surface area contributed by atoms with Crippen LogP contribution in [-0.4, -0.2) is 36.2 Å². The minimum absolute atomic E-state index is 0.0884. The first-order chi connectivity index (χ1) is 15.1. The largest absolute Gasteiger partial charge is 0.453 e. The lowest BCUT2D eigenvalue weighted by Crippen LogP contribution is -2.40. The first-order valence-corrected chi connectivity index (χ1v) is 10.7. The fourth-order valence-corrected chi connectivity index (χ4v) is 3.42. The molecular weight excluding hydrogens is 445 g/mol. The van der Waals surface area contributed by atoms with Gasteiger partial charge in [-0.1, -0.05) is 6.07 Å². The summed E-state index contributed by atoms with van der Waals surface area (Å²) in [5.41, 5.74) is 1.76. The molecule has 2 N–H and O–H groups in total. The zero-order chi connectivity index (χ0) is 23.8. The summed E-state index contributed by atoms with van der Waals surface area (Å²) < 4.78 is 44.7. The maximum absolute atomic E-state index is 13.6. The highest BCUT2D eigenvalue weighted by Gasteiger charge is 2.19. The number of carbonyl (C=O) groups excluding carboxylic acids is 3. The van der Waals surface area contributed by atoms with Gasteiger partial charge in [0, 0.05) is 10.6 Å². The number of esters is 1. The van der Waals surface area contributed by atoms with Gasteiger partial charge in [-0.25, -0.2) is 13.2 Å². The van der Waals surface area contributed by atoms with Crippen molar-refractivity contribution in [3.8, 4) is 0 Å². The summed E-state index contributed by atoms with van der Waals surface area (Å²) in [5.74, 6) is -6.37. The Morgan fingerprint density at radius 3 is 2.44 bits per heavy atom. The average Bonchev–Trinajstić information content (AvgIpc) is 2.74. The topological polar surface area (TPSA) is 84.5 Å². The average molecular weight is 468 g/mol. The Hall–Kier alpha value is -3.01. The molecular formula is C22H23F3N2O4S. The fraction of sp³-hybridized carbons (Fsp3) is 0.318. The van der Waals surface area contributed by atoms with Crippen LogP contribution >= 0.6 is 11.8 Å². The zero-order valence-electron chi connectivity index (χ0n) is 17.8. The second-order valence-electron chi connectivity index (χ2n) is 6.97. The Labute approximate surface area is 187 Å². The van der Waals surface area contributed by atoms with E-state index in [2.05, 4.69) is 5.32 Å². The third-order valence-electron chi connectivity index (χ3n) is 4.46. The van der Waals surface area contributed by atoms with Crippen LogP contribution in [0.5, 0.6) is 0 Å². The van der Waals surface area contributed by atoms with Gasteiger partial charge in [0.25, 0.3) is 5.91 Å². The second-order valence-corrected chi connectivity index (χ2v) is 8.13. The number of thioether (sulfide) groups is 1. The van der Waals surface area contributed by atoms with E-state index in [4.69, 9.17) is 4.74 Å². The smallest absolute Gasteiger partial charge is 0.307 e. The lowest BCUT2D eigenvalue weighted by molar-refractivity contribution is -0.154. The summed E-state index contributed by atoms with van der Waals surface area (Å²) in [6.45, 7) is 4.78. The number of hydrogen-bond donors (Lipinski definition) is 2. The molecule has 0 fully saturated rings. The van der Waals surface area contributed by atoms with Crippen molar-refractivity contribution in [2.45, 2.75) is 38.2 Å². The molecule has 0 saturated carbocycles. The highest BCUT2D eigenvalue weighted by molar-refractivity contribution is 7.99. The van der Waals surface area contributed by atoms with Gasteiger partial charge in [0.05, 0.1) is 18.7 Å². The Morgan fingerprint density at radius 2 is 1.75 bits per heavy atom. The molecule has 1 atom stereocenters. The van der Waals surface area contributed by atoms with E-state index in [1.54, 1.807) is 0 Å². The molecule has 172 valence electrons. The molecule has 0 saturated heterocycles. The number of nitrogens with one attached hydrogen (secondary N) is 2. The molecule has 0 aromatic heterocycles. The van der Waals surface area contributed by atoms with E-state index in [9.17, 15) is 27.6 Å². The highest BCUT2D eigenvalue weighted by atomic mass is 32.2. The minimum atomic E-state index is -1.72. The van der Waals surface area contributed by atoms with Crippen LogP contribution in [0, 0.1) is 31.3 Å². The quantitative estimate of drug-likeness (QED) is 0.331. The predicted molar refractivity (Wildman–Crippen MR) is 115 cm³/mol. The molecule has 0 aliphatic rings. The van der Waals surface area contributed by atoms with E-state index in [1.165, 1.54) is 24.2 Å². The normalized spacial score (nSPS) is 11.6. The molecule has 0 radical (unpaired) electrons. The molecule has 2 rings (SSSR count). The number of hydrogen-bond acceptors (Lipinski definition) is 5. The number of rotatable bonds is 9. The Bertz CT molecular complexity index is 1020. The summed E-state index contributed by atoms with van der Waals surface area (Å²) in [5, 5.41) is 4.24. The minimum Gasteiger partial charge on any atom is -0.453 e. The van der Waals surface area contributed by atoms with Gasteiger partial charge in [-0.3, -0.25) is 14.4 Å². The van der Waals surface area contributed by atoms with Gasteiger partial charge in [0.15, 0.2) is 23.6 Å². The molecule has 0 bridgehead atoms. The van der Waals surface area contributed by atoms with E-state index in [0.29, 0.717) is 11.8 Å². The molecule has 6 nitrogen and oxygen atoms in total. The molecule has 2 amide bonds.